The van der Waals surface area contributed by atoms with E-state index < -0.39 is 0 Å². The lowest BCUT2D eigenvalue weighted by Gasteiger charge is -2.03. The van der Waals surface area contributed by atoms with E-state index in [9.17, 15) is 4.79 Å². The Hall–Kier alpha value is -1.59. The molecule has 2 rings (SSSR count). The zero-order valence-corrected chi connectivity index (χ0v) is 10.3. The first-order valence-corrected chi connectivity index (χ1v) is 6.15. The van der Waals surface area contributed by atoms with Crippen LogP contribution in [0.3, 0.4) is 0 Å². The summed E-state index contributed by atoms with van der Waals surface area (Å²) in [6.45, 7) is 1.02. The highest BCUT2D eigenvalue weighted by atomic mass is 32.1. The summed E-state index contributed by atoms with van der Waals surface area (Å²) in [5.41, 5.74) is 7.24. The van der Waals surface area contributed by atoms with Crippen molar-refractivity contribution in [1.29, 1.82) is 0 Å². The van der Waals surface area contributed by atoms with Crippen molar-refractivity contribution in [3.63, 3.8) is 0 Å². The van der Waals surface area contributed by atoms with Gasteiger partial charge in [-0.15, -0.1) is 11.3 Å². The number of carbonyl (C=O) groups is 1. The Morgan fingerprint density at radius 3 is 3.12 bits per heavy atom. The Labute approximate surface area is 103 Å². The van der Waals surface area contributed by atoms with E-state index in [1.54, 1.807) is 7.11 Å². The van der Waals surface area contributed by atoms with Crippen molar-refractivity contribution in [2.75, 3.05) is 26.0 Å². The van der Waals surface area contributed by atoms with Gasteiger partial charge in [-0.25, -0.2) is 0 Å². The molecule has 0 bridgehead atoms. The van der Waals surface area contributed by atoms with Crippen LogP contribution in [0.4, 0.5) is 5.69 Å². The molecule has 5 heteroatoms. The van der Waals surface area contributed by atoms with E-state index in [0.717, 1.165) is 10.1 Å². The fourth-order valence-electron chi connectivity index (χ4n) is 1.62. The van der Waals surface area contributed by atoms with E-state index >= 15 is 0 Å². The maximum atomic E-state index is 11.9. The molecule has 0 aliphatic carbocycles. The number of thiophene rings is 1. The molecule has 1 heterocycles. The second-order valence-electron chi connectivity index (χ2n) is 3.62. The van der Waals surface area contributed by atoms with Gasteiger partial charge >= 0.3 is 0 Å². The lowest BCUT2D eigenvalue weighted by molar-refractivity contribution is 0.0939. The number of rotatable bonds is 4. The number of amides is 1. The summed E-state index contributed by atoms with van der Waals surface area (Å²) >= 11 is 1.49. The number of anilines is 1. The van der Waals surface area contributed by atoms with Gasteiger partial charge in [-0.05, 0) is 6.07 Å². The molecule has 17 heavy (non-hydrogen) atoms. The lowest BCUT2D eigenvalue weighted by Crippen LogP contribution is -2.26. The second-order valence-corrected chi connectivity index (χ2v) is 4.50. The molecule has 3 N–H and O–H groups in total. The zero-order chi connectivity index (χ0) is 12.3. The van der Waals surface area contributed by atoms with E-state index in [4.69, 9.17) is 10.5 Å². The van der Waals surface area contributed by atoms with Crippen LogP contribution in [0.2, 0.25) is 0 Å². The fraction of sp³-hybridized carbons (Fsp3) is 0.250. The van der Waals surface area contributed by atoms with Crippen LogP contribution in [0.5, 0.6) is 0 Å². The molecule has 1 aromatic carbocycles. The molecular weight excluding hydrogens is 236 g/mol. The Morgan fingerprint density at radius 2 is 2.35 bits per heavy atom. The van der Waals surface area contributed by atoms with Crippen LogP contribution in [0, 0.1) is 0 Å². The summed E-state index contributed by atoms with van der Waals surface area (Å²) in [5, 5.41) is 5.54. The first-order chi connectivity index (χ1) is 8.24. The number of hydrogen-bond acceptors (Lipinski definition) is 4. The normalized spacial score (nSPS) is 10.6. The van der Waals surface area contributed by atoms with Crippen molar-refractivity contribution < 1.29 is 9.53 Å². The summed E-state index contributed by atoms with van der Waals surface area (Å²) in [6, 6.07) is 5.61. The van der Waals surface area contributed by atoms with Gasteiger partial charge in [0.2, 0.25) is 0 Å². The van der Waals surface area contributed by atoms with Crippen LogP contribution >= 0.6 is 11.3 Å². The molecule has 1 aromatic heterocycles. The number of carbonyl (C=O) groups excluding carboxylic acids is 1. The van der Waals surface area contributed by atoms with Crippen LogP contribution in [-0.2, 0) is 4.74 Å². The van der Waals surface area contributed by atoms with Crippen LogP contribution in [0.1, 0.15) is 10.4 Å². The molecule has 0 aliphatic heterocycles. The smallest absolute Gasteiger partial charge is 0.252 e. The molecule has 0 unspecified atom stereocenters. The van der Waals surface area contributed by atoms with Crippen molar-refractivity contribution in [2.24, 2.45) is 0 Å². The van der Waals surface area contributed by atoms with Gasteiger partial charge in [0, 0.05) is 30.1 Å². The Balaban J connectivity index is 2.24. The van der Waals surface area contributed by atoms with Gasteiger partial charge in [0.15, 0.2) is 0 Å². The van der Waals surface area contributed by atoms with Gasteiger partial charge in [0.25, 0.3) is 5.91 Å². The molecule has 0 radical (unpaired) electrons. The molecule has 0 saturated carbocycles. The largest absolute Gasteiger partial charge is 0.398 e. The minimum Gasteiger partial charge on any atom is -0.398 e. The van der Waals surface area contributed by atoms with E-state index in [-0.39, 0.29) is 5.91 Å². The average molecular weight is 250 g/mol. The SMILES string of the molecule is COCCNC(=O)c1csc2c(N)cccc12. The molecule has 0 saturated heterocycles. The number of hydrogen-bond donors (Lipinski definition) is 2. The standard InChI is InChI=1S/C12H14N2O2S/c1-16-6-5-14-12(15)9-7-17-11-8(9)3-2-4-10(11)13/h2-4,7H,5-6,13H2,1H3,(H,14,15). The van der Waals surface area contributed by atoms with Crippen molar-refractivity contribution in [1.82, 2.24) is 5.32 Å². The Kier molecular flexibility index (Phi) is 3.61. The van der Waals surface area contributed by atoms with Gasteiger partial charge in [-0.1, -0.05) is 12.1 Å². The van der Waals surface area contributed by atoms with E-state index in [2.05, 4.69) is 5.32 Å². The average Bonchev–Trinajstić information content (AvgIpc) is 2.74. The third kappa shape index (κ3) is 2.40. The molecule has 0 aliphatic rings. The first-order valence-electron chi connectivity index (χ1n) is 5.27. The molecule has 2 aromatic rings. The number of ether oxygens (including phenoxy) is 1. The molecular formula is C12H14N2O2S. The number of benzene rings is 1. The predicted molar refractivity (Wildman–Crippen MR) is 70.4 cm³/mol. The van der Waals surface area contributed by atoms with Crippen LogP contribution in [-0.4, -0.2) is 26.2 Å². The summed E-state index contributed by atoms with van der Waals surface area (Å²) in [7, 11) is 1.60. The van der Waals surface area contributed by atoms with Crippen molar-refractivity contribution in [3.05, 3.63) is 29.1 Å². The summed E-state index contributed by atoms with van der Waals surface area (Å²) in [5.74, 6) is -0.0844. The highest BCUT2D eigenvalue weighted by Gasteiger charge is 2.12. The lowest BCUT2D eigenvalue weighted by atomic mass is 10.1. The maximum Gasteiger partial charge on any atom is 0.252 e. The molecule has 1 amide bonds. The third-order valence-electron chi connectivity index (χ3n) is 2.47. The Bertz CT molecular complexity index is 536. The summed E-state index contributed by atoms with van der Waals surface area (Å²) in [4.78, 5) is 11.9. The summed E-state index contributed by atoms with van der Waals surface area (Å²) in [6.07, 6.45) is 0. The minimum atomic E-state index is -0.0844. The van der Waals surface area contributed by atoms with Crippen molar-refractivity contribution >= 4 is 33.0 Å². The van der Waals surface area contributed by atoms with Gasteiger partial charge in [0.05, 0.1) is 16.9 Å². The second kappa shape index (κ2) is 5.16. The molecule has 0 atom stereocenters. The van der Waals surface area contributed by atoms with Crippen LogP contribution < -0.4 is 11.1 Å². The number of nitrogen functional groups attached to an aromatic ring is 1. The van der Waals surface area contributed by atoms with Gasteiger partial charge in [-0.3, -0.25) is 4.79 Å². The fourth-order valence-corrected chi connectivity index (χ4v) is 2.60. The highest BCUT2D eigenvalue weighted by Crippen LogP contribution is 2.30. The number of nitrogens with two attached hydrogens (primary N) is 1. The molecule has 90 valence electrons. The quantitative estimate of drug-likeness (QED) is 0.643. The highest BCUT2D eigenvalue weighted by molar-refractivity contribution is 7.18. The van der Waals surface area contributed by atoms with Crippen molar-refractivity contribution in [2.45, 2.75) is 0 Å². The first kappa shape index (κ1) is 11.9. The van der Waals surface area contributed by atoms with Gasteiger partial charge < -0.3 is 15.8 Å². The molecule has 0 spiro atoms. The maximum absolute atomic E-state index is 11.9. The number of methoxy groups -OCH3 is 1. The van der Waals surface area contributed by atoms with Crippen LogP contribution in [0.15, 0.2) is 23.6 Å². The third-order valence-corrected chi connectivity index (χ3v) is 3.51. The minimum absolute atomic E-state index is 0.0844. The molecule has 0 fully saturated rings. The van der Waals surface area contributed by atoms with Crippen molar-refractivity contribution in [3.8, 4) is 0 Å². The monoisotopic (exact) mass is 250 g/mol. The van der Waals surface area contributed by atoms with E-state index in [1.165, 1.54) is 11.3 Å². The number of fused-ring (bicyclic) bond motifs is 1. The summed E-state index contributed by atoms with van der Waals surface area (Å²) < 4.78 is 5.85. The molecule has 4 nitrogen and oxygen atoms in total. The number of nitrogens with one attached hydrogen (secondary N) is 1. The van der Waals surface area contributed by atoms with E-state index in [1.807, 2.05) is 23.6 Å². The predicted octanol–water partition coefficient (Wildman–Crippen LogP) is 1.86. The topological polar surface area (TPSA) is 64.3 Å². The van der Waals surface area contributed by atoms with E-state index in [0.29, 0.717) is 24.4 Å². The zero-order valence-electron chi connectivity index (χ0n) is 9.53. The van der Waals surface area contributed by atoms with Gasteiger partial charge in [0.1, 0.15) is 0 Å². The van der Waals surface area contributed by atoms with Gasteiger partial charge in [-0.2, -0.15) is 0 Å². The van der Waals surface area contributed by atoms with Crippen LogP contribution in [0.25, 0.3) is 10.1 Å². The Morgan fingerprint density at radius 1 is 1.53 bits per heavy atom.